The van der Waals surface area contributed by atoms with Crippen molar-refractivity contribution in [1.29, 1.82) is 0 Å². The van der Waals surface area contributed by atoms with Crippen LogP contribution in [0.2, 0.25) is 0 Å². The van der Waals surface area contributed by atoms with Gasteiger partial charge in [-0.1, -0.05) is 42.8 Å². The SMILES string of the molecule is C[C@H](Oc1cccc2ccccc12)C(=O)N[C@@H]1CCC[C@@H](C(N)=O)C1. The first kappa shape index (κ1) is 17.3. The molecule has 0 bridgehead atoms. The van der Waals surface area contributed by atoms with Crippen LogP contribution in [0.4, 0.5) is 0 Å². The van der Waals surface area contributed by atoms with Crippen molar-refractivity contribution >= 4 is 22.6 Å². The second-order valence-electron chi connectivity index (χ2n) is 6.71. The number of hydrogen-bond acceptors (Lipinski definition) is 3. The highest BCUT2D eigenvalue weighted by atomic mass is 16.5. The molecule has 0 aliphatic heterocycles. The first-order valence-corrected chi connectivity index (χ1v) is 8.78. The largest absolute Gasteiger partial charge is 0.480 e. The first-order chi connectivity index (χ1) is 12.0. The van der Waals surface area contributed by atoms with Gasteiger partial charge in [0.25, 0.3) is 5.91 Å². The molecule has 3 rings (SSSR count). The van der Waals surface area contributed by atoms with Gasteiger partial charge in [-0.05, 0) is 37.6 Å². The van der Waals surface area contributed by atoms with Crippen molar-refractivity contribution < 1.29 is 14.3 Å². The van der Waals surface area contributed by atoms with Gasteiger partial charge in [-0.15, -0.1) is 0 Å². The number of carbonyl (C=O) groups is 2. The molecule has 5 nitrogen and oxygen atoms in total. The molecule has 5 heteroatoms. The number of amides is 2. The van der Waals surface area contributed by atoms with E-state index in [9.17, 15) is 9.59 Å². The van der Waals surface area contributed by atoms with Crippen LogP contribution in [0.25, 0.3) is 10.8 Å². The molecular weight excluding hydrogens is 316 g/mol. The average molecular weight is 340 g/mol. The Bertz CT molecular complexity index is 769. The van der Waals surface area contributed by atoms with Gasteiger partial charge in [-0.2, -0.15) is 0 Å². The van der Waals surface area contributed by atoms with Crippen LogP contribution in [0.3, 0.4) is 0 Å². The number of fused-ring (bicyclic) bond motifs is 1. The molecule has 0 unspecified atom stereocenters. The smallest absolute Gasteiger partial charge is 0.260 e. The molecule has 1 aliphatic rings. The van der Waals surface area contributed by atoms with Crippen LogP contribution in [0.1, 0.15) is 32.6 Å². The van der Waals surface area contributed by atoms with Crippen molar-refractivity contribution in [1.82, 2.24) is 5.32 Å². The lowest BCUT2D eigenvalue weighted by Gasteiger charge is -2.29. The number of nitrogens with two attached hydrogens (primary N) is 1. The Hall–Kier alpha value is -2.56. The minimum atomic E-state index is -0.611. The average Bonchev–Trinajstić information content (AvgIpc) is 2.62. The standard InChI is InChI=1S/C20H24N2O3/c1-13(20(24)22-16-9-4-8-15(12-16)19(21)23)25-18-11-5-7-14-6-2-3-10-17(14)18/h2-3,5-7,10-11,13,15-16H,4,8-9,12H2,1H3,(H2,21,23)(H,22,24)/t13-,15+,16+/m0/s1. The molecule has 2 amide bonds. The zero-order valence-electron chi connectivity index (χ0n) is 14.4. The number of nitrogens with one attached hydrogen (secondary N) is 1. The van der Waals surface area contributed by atoms with Crippen LogP contribution in [0.15, 0.2) is 42.5 Å². The van der Waals surface area contributed by atoms with Crippen LogP contribution in [-0.2, 0) is 9.59 Å². The number of ether oxygens (including phenoxy) is 1. The van der Waals surface area contributed by atoms with Crippen LogP contribution in [0, 0.1) is 5.92 Å². The van der Waals surface area contributed by atoms with E-state index in [1.165, 1.54) is 0 Å². The van der Waals surface area contributed by atoms with E-state index in [2.05, 4.69) is 5.32 Å². The summed E-state index contributed by atoms with van der Waals surface area (Å²) in [5, 5.41) is 5.06. The summed E-state index contributed by atoms with van der Waals surface area (Å²) < 4.78 is 5.90. The fraction of sp³-hybridized carbons (Fsp3) is 0.400. The molecule has 0 spiro atoms. The Morgan fingerprint density at radius 1 is 1.16 bits per heavy atom. The number of carbonyl (C=O) groups excluding carboxylic acids is 2. The van der Waals surface area contributed by atoms with Gasteiger partial charge < -0.3 is 15.8 Å². The Kier molecular flexibility index (Phi) is 5.22. The Labute approximate surface area is 147 Å². The third-order valence-electron chi connectivity index (χ3n) is 4.85. The van der Waals surface area contributed by atoms with Crippen LogP contribution < -0.4 is 15.8 Å². The highest BCUT2D eigenvalue weighted by Gasteiger charge is 2.28. The lowest BCUT2D eigenvalue weighted by Crippen LogP contribution is -2.45. The van der Waals surface area contributed by atoms with Crippen molar-refractivity contribution in [3.05, 3.63) is 42.5 Å². The molecule has 0 radical (unpaired) electrons. The molecule has 1 aliphatic carbocycles. The van der Waals surface area contributed by atoms with Gasteiger partial charge in [-0.25, -0.2) is 0 Å². The summed E-state index contributed by atoms with van der Waals surface area (Å²) in [6.45, 7) is 1.74. The molecular formula is C20H24N2O3. The monoisotopic (exact) mass is 340 g/mol. The summed E-state index contributed by atoms with van der Waals surface area (Å²) in [5.74, 6) is 0.106. The summed E-state index contributed by atoms with van der Waals surface area (Å²) in [4.78, 5) is 23.8. The van der Waals surface area contributed by atoms with Crippen molar-refractivity contribution in [2.24, 2.45) is 11.7 Å². The summed E-state index contributed by atoms with van der Waals surface area (Å²) in [6.07, 6.45) is 2.58. The number of hydrogen-bond donors (Lipinski definition) is 2. The van der Waals surface area contributed by atoms with Gasteiger partial charge in [0.1, 0.15) is 5.75 Å². The molecule has 2 aromatic carbocycles. The van der Waals surface area contributed by atoms with E-state index in [0.29, 0.717) is 12.2 Å². The van der Waals surface area contributed by atoms with Gasteiger partial charge in [0.15, 0.2) is 6.10 Å². The zero-order valence-corrected chi connectivity index (χ0v) is 14.4. The molecule has 0 aromatic heterocycles. The normalized spacial score (nSPS) is 21.5. The highest BCUT2D eigenvalue weighted by molar-refractivity contribution is 5.89. The molecule has 1 saturated carbocycles. The fourth-order valence-electron chi connectivity index (χ4n) is 3.44. The van der Waals surface area contributed by atoms with Crippen molar-refractivity contribution in [2.45, 2.75) is 44.8 Å². The fourth-order valence-corrected chi connectivity index (χ4v) is 3.44. The number of benzene rings is 2. The summed E-state index contributed by atoms with van der Waals surface area (Å²) in [7, 11) is 0. The van der Waals surface area contributed by atoms with Crippen LogP contribution in [0.5, 0.6) is 5.75 Å². The quantitative estimate of drug-likeness (QED) is 0.878. The van der Waals surface area contributed by atoms with Gasteiger partial charge in [0.2, 0.25) is 5.91 Å². The predicted molar refractivity (Wildman–Crippen MR) is 97.1 cm³/mol. The van der Waals surface area contributed by atoms with E-state index in [1.54, 1.807) is 6.92 Å². The van der Waals surface area contributed by atoms with Gasteiger partial charge >= 0.3 is 0 Å². The van der Waals surface area contributed by atoms with E-state index in [0.717, 1.165) is 30.0 Å². The van der Waals surface area contributed by atoms with E-state index in [4.69, 9.17) is 10.5 Å². The summed E-state index contributed by atoms with van der Waals surface area (Å²) in [5.41, 5.74) is 5.40. The van der Waals surface area contributed by atoms with Crippen LogP contribution in [-0.4, -0.2) is 24.0 Å². The van der Waals surface area contributed by atoms with Crippen molar-refractivity contribution in [3.8, 4) is 5.75 Å². The maximum absolute atomic E-state index is 12.5. The second kappa shape index (κ2) is 7.55. The van der Waals surface area contributed by atoms with Crippen molar-refractivity contribution in [2.75, 3.05) is 0 Å². The van der Waals surface area contributed by atoms with Gasteiger partial charge in [0, 0.05) is 17.3 Å². The van der Waals surface area contributed by atoms with E-state index < -0.39 is 6.10 Å². The maximum atomic E-state index is 12.5. The van der Waals surface area contributed by atoms with E-state index in [-0.39, 0.29) is 23.8 Å². The molecule has 25 heavy (non-hydrogen) atoms. The summed E-state index contributed by atoms with van der Waals surface area (Å²) in [6, 6.07) is 13.7. The topological polar surface area (TPSA) is 81.4 Å². The Morgan fingerprint density at radius 3 is 2.72 bits per heavy atom. The molecule has 2 aromatic rings. The lowest BCUT2D eigenvalue weighted by molar-refractivity contribution is -0.129. The molecule has 132 valence electrons. The van der Waals surface area contributed by atoms with Crippen LogP contribution >= 0.6 is 0 Å². The minimum absolute atomic E-state index is 0.0164. The third-order valence-corrected chi connectivity index (χ3v) is 4.85. The summed E-state index contributed by atoms with van der Waals surface area (Å²) >= 11 is 0. The predicted octanol–water partition coefficient (Wildman–Crippen LogP) is 2.77. The molecule has 0 saturated heterocycles. The first-order valence-electron chi connectivity index (χ1n) is 8.78. The Balaban J connectivity index is 1.63. The second-order valence-corrected chi connectivity index (χ2v) is 6.71. The Morgan fingerprint density at radius 2 is 1.92 bits per heavy atom. The van der Waals surface area contributed by atoms with Gasteiger partial charge in [-0.3, -0.25) is 9.59 Å². The molecule has 3 N–H and O–H groups in total. The molecule has 1 fully saturated rings. The van der Waals surface area contributed by atoms with Crippen molar-refractivity contribution in [3.63, 3.8) is 0 Å². The highest BCUT2D eigenvalue weighted by Crippen LogP contribution is 2.27. The molecule has 3 atom stereocenters. The van der Waals surface area contributed by atoms with Gasteiger partial charge in [0.05, 0.1) is 0 Å². The number of rotatable bonds is 5. The lowest BCUT2D eigenvalue weighted by atomic mass is 9.85. The number of primary amides is 1. The minimum Gasteiger partial charge on any atom is -0.480 e. The third kappa shape index (κ3) is 4.10. The van der Waals surface area contributed by atoms with E-state index in [1.807, 2.05) is 42.5 Å². The maximum Gasteiger partial charge on any atom is 0.260 e. The zero-order chi connectivity index (χ0) is 17.8. The molecule has 0 heterocycles. The van der Waals surface area contributed by atoms with E-state index >= 15 is 0 Å².